The fourth-order valence-corrected chi connectivity index (χ4v) is 2.78. The van der Waals surface area contributed by atoms with Crippen molar-refractivity contribution in [2.75, 3.05) is 7.05 Å². The number of carbonyl (C=O) groups is 3. The Bertz CT molecular complexity index is 444. The number of rotatable bonds is 5. The molecule has 0 unspecified atom stereocenters. The first kappa shape index (κ1) is 19.3. The fourth-order valence-electron chi connectivity index (χ4n) is 2.78. The first-order chi connectivity index (χ1) is 10.6. The van der Waals surface area contributed by atoms with Crippen molar-refractivity contribution in [2.45, 2.75) is 77.0 Å². The third kappa shape index (κ3) is 6.88. The van der Waals surface area contributed by atoms with Crippen molar-refractivity contribution < 1.29 is 24.2 Å². The standard InChI is InChI=1S/C16H28N2O5/c1-16(2,3)23-15(22)17-11-7-5-6-8-12(11)18(4)13(19)9-10-14(20)21/h11-12H,5-10H2,1-4H3,(H,17,22)(H,20,21)/t11-,12-/m0/s1. The molecule has 0 spiro atoms. The van der Waals surface area contributed by atoms with Crippen LogP contribution in [0.2, 0.25) is 0 Å². The molecule has 2 atom stereocenters. The summed E-state index contributed by atoms with van der Waals surface area (Å²) in [5, 5.41) is 11.5. The van der Waals surface area contributed by atoms with Gasteiger partial charge >= 0.3 is 12.1 Å². The predicted octanol–water partition coefficient (Wildman–Crippen LogP) is 2.15. The molecule has 1 saturated carbocycles. The molecular formula is C16H28N2O5. The zero-order valence-electron chi connectivity index (χ0n) is 14.4. The Labute approximate surface area is 137 Å². The number of alkyl carbamates (subject to hydrolysis) is 1. The fraction of sp³-hybridized carbons (Fsp3) is 0.812. The summed E-state index contributed by atoms with van der Waals surface area (Å²) in [5.41, 5.74) is -0.572. The van der Waals surface area contributed by atoms with Crippen molar-refractivity contribution in [3.63, 3.8) is 0 Å². The maximum Gasteiger partial charge on any atom is 0.407 e. The second kappa shape index (κ2) is 8.17. The summed E-state index contributed by atoms with van der Waals surface area (Å²) in [5.74, 6) is -1.20. The molecule has 1 aliphatic carbocycles. The van der Waals surface area contributed by atoms with Crippen LogP contribution in [-0.4, -0.2) is 52.7 Å². The first-order valence-electron chi connectivity index (χ1n) is 8.07. The van der Waals surface area contributed by atoms with Gasteiger partial charge in [0.2, 0.25) is 5.91 Å². The van der Waals surface area contributed by atoms with Crippen molar-refractivity contribution in [1.29, 1.82) is 0 Å². The monoisotopic (exact) mass is 328 g/mol. The number of likely N-dealkylation sites (N-methyl/N-ethyl adjacent to an activating group) is 1. The summed E-state index contributed by atoms with van der Waals surface area (Å²) >= 11 is 0. The van der Waals surface area contributed by atoms with Crippen LogP contribution in [0.15, 0.2) is 0 Å². The molecule has 0 radical (unpaired) electrons. The number of hydrogen-bond acceptors (Lipinski definition) is 4. The van der Waals surface area contributed by atoms with Gasteiger partial charge in [0.05, 0.1) is 18.5 Å². The maximum absolute atomic E-state index is 12.1. The number of aliphatic carboxylic acids is 1. The van der Waals surface area contributed by atoms with Gasteiger partial charge in [0.15, 0.2) is 0 Å². The van der Waals surface area contributed by atoms with E-state index in [0.717, 1.165) is 25.7 Å². The zero-order chi connectivity index (χ0) is 17.6. The van der Waals surface area contributed by atoms with Gasteiger partial charge in [0, 0.05) is 13.5 Å². The van der Waals surface area contributed by atoms with Crippen LogP contribution in [0.3, 0.4) is 0 Å². The molecule has 0 aromatic heterocycles. The Morgan fingerprint density at radius 3 is 2.35 bits per heavy atom. The van der Waals surface area contributed by atoms with Crippen molar-refractivity contribution in [3.05, 3.63) is 0 Å². The van der Waals surface area contributed by atoms with E-state index >= 15 is 0 Å². The van der Waals surface area contributed by atoms with E-state index in [9.17, 15) is 14.4 Å². The van der Waals surface area contributed by atoms with E-state index in [-0.39, 0.29) is 30.8 Å². The van der Waals surface area contributed by atoms with E-state index in [2.05, 4.69) is 5.32 Å². The topological polar surface area (TPSA) is 95.9 Å². The lowest BCUT2D eigenvalue weighted by atomic mass is 9.89. The summed E-state index contributed by atoms with van der Waals surface area (Å²) in [6.45, 7) is 5.39. The van der Waals surface area contributed by atoms with Crippen molar-refractivity contribution >= 4 is 18.0 Å². The Hall–Kier alpha value is -1.79. The Kier molecular flexibility index (Phi) is 6.84. The van der Waals surface area contributed by atoms with E-state index in [1.54, 1.807) is 32.7 Å². The second-order valence-corrected chi connectivity index (χ2v) is 7.00. The number of amides is 2. The third-order valence-corrected chi connectivity index (χ3v) is 3.88. The Balaban J connectivity index is 2.64. The average molecular weight is 328 g/mol. The van der Waals surface area contributed by atoms with Gasteiger partial charge in [0.1, 0.15) is 5.60 Å². The molecule has 2 amide bonds. The molecule has 7 nitrogen and oxygen atoms in total. The lowest BCUT2D eigenvalue weighted by molar-refractivity contribution is -0.141. The minimum absolute atomic E-state index is 0.0263. The normalized spacial score (nSPS) is 21.4. The molecule has 0 heterocycles. The van der Waals surface area contributed by atoms with Crippen LogP contribution in [0.4, 0.5) is 4.79 Å². The molecular weight excluding hydrogens is 300 g/mol. The van der Waals surface area contributed by atoms with Gasteiger partial charge in [-0.3, -0.25) is 9.59 Å². The molecule has 0 saturated heterocycles. The predicted molar refractivity (Wildman–Crippen MR) is 85.1 cm³/mol. The van der Waals surface area contributed by atoms with Crippen molar-refractivity contribution in [1.82, 2.24) is 10.2 Å². The summed E-state index contributed by atoms with van der Waals surface area (Å²) in [6.07, 6.45) is 2.83. The van der Waals surface area contributed by atoms with Crippen LogP contribution >= 0.6 is 0 Å². The van der Waals surface area contributed by atoms with Crippen LogP contribution in [-0.2, 0) is 14.3 Å². The van der Waals surface area contributed by atoms with Crippen LogP contribution < -0.4 is 5.32 Å². The summed E-state index contributed by atoms with van der Waals surface area (Å²) in [6, 6.07) is -0.296. The van der Waals surface area contributed by atoms with Crippen molar-refractivity contribution in [2.24, 2.45) is 0 Å². The first-order valence-corrected chi connectivity index (χ1v) is 8.07. The number of hydrogen-bond donors (Lipinski definition) is 2. The molecule has 0 aromatic rings. The summed E-state index contributed by atoms with van der Waals surface area (Å²) in [4.78, 5) is 36.3. The van der Waals surface area contributed by atoms with Gasteiger partial charge in [-0.25, -0.2) is 4.79 Å². The van der Waals surface area contributed by atoms with Gasteiger partial charge < -0.3 is 20.1 Å². The molecule has 0 aromatic carbocycles. The zero-order valence-corrected chi connectivity index (χ0v) is 14.4. The quantitative estimate of drug-likeness (QED) is 0.806. The van der Waals surface area contributed by atoms with Gasteiger partial charge in [-0.2, -0.15) is 0 Å². The molecule has 0 bridgehead atoms. The van der Waals surface area contributed by atoms with E-state index in [1.165, 1.54) is 0 Å². The maximum atomic E-state index is 12.1. The molecule has 132 valence electrons. The highest BCUT2D eigenvalue weighted by Gasteiger charge is 2.32. The molecule has 2 N–H and O–H groups in total. The molecule has 1 fully saturated rings. The number of carboxylic acids is 1. The highest BCUT2D eigenvalue weighted by molar-refractivity contribution is 5.81. The van der Waals surface area contributed by atoms with Crippen molar-refractivity contribution in [3.8, 4) is 0 Å². The average Bonchev–Trinajstić information content (AvgIpc) is 2.42. The van der Waals surface area contributed by atoms with E-state index in [1.807, 2.05) is 0 Å². The lowest BCUT2D eigenvalue weighted by Gasteiger charge is -2.38. The van der Waals surface area contributed by atoms with Crippen LogP contribution in [0.1, 0.15) is 59.3 Å². The summed E-state index contributed by atoms with van der Waals surface area (Å²) in [7, 11) is 1.67. The molecule has 0 aliphatic heterocycles. The minimum atomic E-state index is -0.987. The Morgan fingerprint density at radius 1 is 1.17 bits per heavy atom. The smallest absolute Gasteiger partial charge is 0.407 e. The molecule has 23 heavy (non-hydrogen) atoms. The van der Waals surface area contributed by atoms with E-state index in [4.69, 9.17) is 9.84 Å². The number of nitrogens with one attached hydrogen (secondary N) is 1. The summed E-state index contributed by atoms with van der Waals surface area (Å²) < 4.78 is 5.28. The third-order valence-electron chi connectivity index (χ3n) is 3.88. The largest absolute Gasteiger partial charge is 0.481 e. The highest BCUT2D eigenvalue weighted by atomic mass is 16.6. The number of ether oxygens (including phenoxy) is 1. The minimum Gasteiger partial charge on any atom is -0.481 e. The molecule has 1 rings (SSSR count). The number of nitrogens with zero attached hydrogens (tertiary/aromatic N) is 1. The van der Waals surface area contributed by atoms with Gasteiger partial charge in [-0.05, 0) is 33.6 Å². The van der Waals surface area contributed by atoms with Gasteiger partial charge in [-0.15, -0.1) is 0 Å². The van der Waals surface area contributed by atoms with E-state index in [0.29, 0.717) is 0 Å². The number of carboxylic acid groups (broad SMARTS) is 1. The number of carbonyl (C=O) groups excluding carboxylic acids is 2. The second-order valence-electron chi connectivity index (χ2n) is 7.00. The van der Waals surface area contributed by atoms with E-state index < -0.39 is 17.7 Å². The molecule has 7 heteroatoms. The van der Waals surface area contributed by atoms with Crippen LogP contribution in [0.5, 0.6) is 0 Å². The lowest BCUT2D eigenvalue weighted by Crippen LogP contribution is -2.54. The van der Waals surface area contributed by atoms with Gasteiger partial charge in [-0.1, -0.05) is 12.8 Å². The van der Waals surface area contributed by atoms with Crippen LogP contribution in [0.25, 0.3) is 0 Å². The van der Waals surface area contributed by atoms with Crippen LogP contribution in [0, 0.1) is 0 Å². The van der Waals surface area contributed by atoms with Gasteiger partial charge in [0.25, 0.3) is 0 Å². The Morgan fingerprint density at radius 2 is 1.78 bits per heavy atom. The highest BCUT2D eigenvalue weighted by Crippen LogP contribution is 2.23. The molecule has 1 aliphatic rings. The SMILES string of the molecule is CN(C(=O)CCC(=O)O)[C@H]1CCCC[C@@H]1NC(=O)OC(C)(C)C.